The van der Waals surface area contributed by atoms with Crippen LogP contribution in [0.2, 0.25) is 0 Å². The van der Waals surface area contributed by atoms with Gasteiger partial charge < -0.3 is 10.1 Å². The molecule has 0 bridgehead atoms. The second kappa shape index (κ2) is 9.52. The largest absolute Gasteiger partial charge is 0.481 e. The number of aryl methyl sites for hydroxylation is 2. The van der Waals surface area contributed by atoms with Crippen molar-refractivity contribution in [2.75, 3.05) is 0 Å². The van der Waals surface area contributed by atoms with Crippen LogP contribution in [0.3, 0.4) is 0 Å². The van der Waals surface area contributed by atoms with Gasteiger partial charge in [0.05, 0.1) is 0 Å². The number of rotatable bonds is 5. The smallest absolute Gasteiger partial charge is 0.279 e. The third kappa shape index (κ3) is 6.29. The van der Waals surface area contributed by atoms with E-state index < -0.39 is 6.10 Å². The van der Waals surface area contributed by atoms with E-state index in [1.54, 1.807) is 6.92 Å². The van der Waals surface area contributed by atoms with Crippen LogP contribution in [0.15, 0.2) is 18.2 Å². The van der Waals surface area contributed by atoms with Gasteiger partial charge in [0.1, 0.15) is 5.75 Å². The number of hydrogen-bond donors (Lipinski definition) is 3. The molecule has 3 N–H and O–H groups in total. The first-order valence-electron chi connectivity index (χ1n) is 8.98. The summed E-state index contributed by atoms with van der Waals surface area (Å²) >= 11 is 5.04. The molecule has 1 unspecified atom stereocenters. The van der Waals surface area contributed by atoms with Crippen LogP contribution in [-0.4, -0.2) is 23.0 Å². The van der Waals surface area contributed by atoms with Gasteiger partial charge in [-0.3, -0.25) is 20.4 Å². The highest BCUT2D eigenvalue weighted by atomic mass is 32.1. The lowest BCUT2D eigenvalue weighted by atomic mass is 10.0. The Morgan fingerprint density at radius 1 is 1.19 bits per heavy atom. The summed E-state index contributed by atoms with van der Waals surface area (Å²) in [4.78, 5) is 24.0. The zero-order valence-electron chi connectivity index (χ0n) is 15.6. The lowest BCUT2D eigenvalue weighted by Crippen LogP contribution is -2.51. The van der Waals surface area contributed by atoms with Gasteiger partial charge in [-0.15, -0.1) is 0 Å². The highest BCUT2D eigenvalue weighted by molar-refractivity contribution is 7.80. The number of nitrogens with one attached hydrogen (secondary N) is 3. The SMILES string of the molecule is Cc1ccc(OC(C)C(=O)NNC(=S)NC(=O)CC2CCCC2)cc1C. The van der Waals surface area contributed by atoms with Crippen LogP contribution in [-0.2, 0) is 9.59 Å². The molecule has 1 aliphatic carbocycles. The summed E-state index contributed by atoms with van der Waals surface area (Å²) in [7, 11) is 0. The molecule has 26 heavy (non-hydrogen) atoms. The van der Waals surface area contributed by atoms with E-state index in [1.165, 1.54) is 12.8 Å². The second-order valence-corrected chi connectivity index (χ2v) is 7.26. The Hall–Kier alpha value is -2.15. The quantitative estimate of drug-likeness (QED) is 0.543. The molecule has 1 fully saturated rings. The molecule has 1 aromatic rings. The number of carbonyl (C=O) groups excluding carboxylic acids is 2. The van der Waals surface area contributed by atoms with Crippen LogP contribution in [0, 0.1) is 19.8 Å². The Labute approximate surface area is 160 Å². The van der Waals surface area contributed by atoms with E-state index in [-0.39, 0.29) is 16.9 Å². The van der Waals surface area contributed by atoms with E-state index in [0.29, 0.717) is 18.1 Å². The summed E-state index contributed by atoms with van der Waals surface area (Å²) in [5.41, 5.74) is 7.26. The maximum Gasteiger partial charge on any atom is 0.279 e. The lowest BCUT2D eigenvalue weighted by Gasteiger charge is -2.17. The number of hydrazine groups is 1. The van der Waals surface area contributed by atoms with Crippen molar-refractivity contribution in [1.29, 1.82) is 0 Å². The molecule has 1 aliphatic rings. The lowest BCUT2D eigenvalue weighted by molar-refractivity contribution is -0.128. The zero-order valence-corrected chi connectivity index (χ0v) is 16.4. The number of benzene rings is 1. The van der Waals surface area contributed by atoms with Gasteiger partial charge in [0.2, 0.25) is 5.91 Å². The standard InChI is InChI=1S/C19H27N3O3S/c1-12-8-9-16(10-13(12)2)25-14(3)18(24)21-22-19(26)20-17(23)11-15-6-4-5-7-15/h8-10,14-15H,4-7,11H2,1-3H3,(H,21,24)(H2,20,22,23,26). The summed E-state index contributed by atoms with van der Waals surface area (Å²) in [6.07, 6.45) is 4.34. The number of carbonyl (C=O) groups is 2. The van der Waals surface area contributed by atoms with Gasteiger partial charge >= 0.3 is 0 Å². The normalized spacial score (nSPS) is 15.2. The number of thiocarbonyl (C=S) groups is 1. The summed E-state index contributed by atoms with van der Waals surface area (Å²) in [5.74, 6) is 0.570. The highest BCUT2D eigenvalue weighted by Crippen LogP contribution is 2.27. The molecule has 0 spiro atoms. The van der Waals surface area contributed by atoms with Crippen LogP contribution in [0.1, 0.15) is 50.2 Å². The zero-order chi connectivity index (χ0) is 19.1. The first kappa shape index (κ1) is 20.2. The summed E-state index contributed by atoms with van der Waals surface area (Å²) in [6, 6.07) is 5.66. The minimum atomic E-state index is -0.707. The van der Waals surface area contributed by atoms with E-state index in [9.17, 15) is 9.59 Å². The highest BCUT2D eigenvalue weighted by Gasteiger charge is 2.19. The summed E-state index contributed by atoms with van der Waals surface area (Å²) in [6.45, 7) is 5.65. The van der Waals surface area contributed by atoms with Gasteiger partial charge in [-0.2, -0.15) is 0 Å². The predicted octanol–water partition coefficient (Wildman–Crippen LogP) is 2.67. The molecular weight excluding hydrogens is 350 g/mol. The molecule has 2 rings (SSSR count). The molecular formula is C19H27N3O3S. The number of ether oxygens (including phenoxy) is 1. The molecule has 0 aromatic heterocycles. The van der Waals surface area contributed by atoms with E-state index in [0.717, 1.165) is 24.0 Å². The van der Waals surface area contributed by atoms with E-state index in [2.05, 4.69) is 16.2 Å². The van der Waals surface area contributed by atoms with Crippen molar-refractivity contribution in [3.8, 4) is 5.75 Å². The van der Waals surface area contributed by atoms with Crippen LogP contribution in [0.5, 0.6) is 5.75 Å². The monoisotopic (exact) mass is 377 g/mol. The Morgan fingerprint density at radius 2 is 1.88 bits per heavy atom. The summed E-state index contributed by atoms with van der Waals surface area (Å²) in [5, 5.41) is 2.67. The third-order valence-electron chi connectivity index (χ3n) is 4.66. The van der Waals surface area contributed by atoms with Gasteiger partial charge in [0.15, 0.2) is 11.2 Å². The van der Waals surface area contributed by atoms with Crippen molar-refractivity contribution in [2.45, 2.75) is 59.0 Å². The molecule has 2 amide bonds. The molecule has 1 atom stereocenters. The molecule has 0 heterocycles. The van der Waals surface area contributed by atoms with Gasteiger partial charge in [-0.1, -0.05) is 18.9 Å². The van der Waals surface area contributed by atoms with Crippen LogP contribution in [0.4, 0.5) is 0 Å². The van der Waals surface area contributed by atoms with Gasteiger partial charge in [-0.25, -0.2) is 0 Å². The molecule has 0 saturated heterocycles. The summed E-state index contributed by atoms with van der Waals surface area (Å²) < 4.78 is 5.63. The van der Waals surface area contributed by atoms with Gasteiger partial charge in [-0.05, 0) is 75.0 Å². The van der Waals surface area contributed by atoms with Crippen LogP contribution >= 0.6 is 12.2 Å². The molecule has 6 nitrogen and oxygen atoms in total. The number of hydrogen-bond acceptors (Lipinski definition) is 4. The van der Waals surface area contributed by atoms with E-state index in [1.807, 2.05) is 32.0 Å². The second-order valence-electron chi connectivity index (χ2n) is 6.85. The average Bonchev–Trinajstić information content (AvgIpc) is 3.08. The first-order chi connectivity index (χ1) is 12.3. The third-order valence-corrected chi connectivity index (χ3v) is 4.87. The fourth-order valence-corrected chi connectivity index (χ4v) is 3.12. The van der Waals surface area contributed by atoms with E-state index in [4.69, 9.17) is 17.0 Å². The van der Waals surface area contributed by atoms with Crippen molar-refractivity contribution in [2.24, 2.45) is 5.92 Å². The maximum atomic E-state index is 12.1. The minimum Gasteiger partial charge on any atom is -0.481 e. The Balaban J connectivity index is 1.71. The fourth-order valence-electron chi connectivity index (χ4n) is 2.95. The Kier molecular flexibility index (Phi) is 7.38. The molecule has 1 aromatic carbocycles. The predicted molar refractivity (Wildman–Crippen MR) is 105 cm³/mol. The van der Waals surface area contributed by atoms with Crippen molar-refractivity contribution in [1.82, 2.24) is 16.2 Å². The fraction of sp³-hybridized carbons (Fsp3) is 0.526. The molecule has 1 saturated carbocycles. The first-order valence-corrected chi connectivity index (χ1v) is 9.39. The average molecular weight is 378 g/mol. The molecule has 0 radical (unpaired) electrons. The maximum absolute atomic E-state index is 12.1. The molecule has 0 aliphatic heterocycles. The Bertz CT molecular complexity index is 672. The van der Waals surface area contributed by atoms with Crippen molar-refractivity contribution in [3.05, 3.63) is 29.3 Å². The van der Waals surface area contributed by atoms with Crippen molar-refractivity contribution in [3.63, 3.8) is 0 Å². The van der Waals surface area contributed by atoms with Crippen LogP contribution < -0.4 is 20.9 Å². The van der Waals surface area contributed by atoms with Gasteiger partial charge in [0, 0.05) is 6.42 Å². The molecule has 7 heteroatoms. The van der Waals surface area contributed by atoms with Gasteiger partial charge in [0.25, 0.3) is 5.91 Å². The van der Waals surface area contributed by atoms with Crippen molar-refractivity contribution >= 4 is 29.1 Å². The van der Waals surface area contributed by atoms with Crippen molar-refractivity contribution < 1.29 is 14.3 Å². The Morgan fingerprint density at radius 3 is 2.54 bits per heavy atom. The topological polar surface area (TPSA) is 79.5 Å². The van der Waals surface area contributed by atoms with Crippen LogP contribution in [0.25, 0.3) is 0 Å². The van der Waals surface area contributed by atoms with E-state index >= 15 is 0 Å². The molecule has 142 valence electrons. The number of amides is 2. The minimum absolute atomic E-state index is 0.0831.